The van der Waals surface area contributed by atoms with Gasteiger partial charge in [-0.15, -0.1) is 0 Å². The molecule has 0 fully saturated rings. The van der Waals surface area contributed by atoms with E-state index in [0.29, 0.717) is 23.6 Å². The molecule has 0 saturated carbocycles. The summed E-state index contributed by atoms with van der Waals surface area (Å²) in [6, 6.07) is 16.7. The van der Waals surface area contributed by atoms with Crippen LogP contribution in [0.3, 0.4) is 0 Å². The van der Waals surface area contributed by atoms with E-state index in [1.165, 1.54) is 0 Å². The molecule has 1 amide bonds. The number of hydrogen-bond acceptors (Lipinski definition) is 3. The second-order valence-electron chi connectivity index (χ2n) is 4.76. The molecule has 0 atom stereocenters. The van der Waals surface area contributed by atoms with E-state index < -0.39 is 0 Å². The quantitative estimate of drug-likeness (QED) is 0.793. The van der Waals surface area contributed by atoms with Crippen LogP contribution in [0.15, 0.2) is 60.8 Å². The van der Waals surface area contributed by atoms with E-state index in [1.807, 2.05) is 49.4 Å². The number of nitrogens with zero attached hydrogens (tertiary/aromatic N) is 1. The third-order valence-corrected chi connectivity index (χ3v) is 3.31. The average molecular weight is 292 g/mol. The number of ether oxygens (including phenoxy) is 1. The first kappa shape index (κ1) is 14.1. The molecule has 2 aromatic carbocycles. The number of anilines is 1. The van der Waals surface area contributed by atoms with Crippen molar-refractivity contribution in [3.63, 3.8) is 0 Å². The van der Waals surface area contributed by atoms with E-state index in [4.69, 9.17) is 4.74 Å². The van der Waals surface area contributed by atoms with E-state index in [1.54, 1.807) is 18.3 Å². The molecule has 0 aliphatic carbocycles. The fraction of sp³-hybridized carbons (Fsp3) is 0.111. The van der Waals surface area contributed by atoms with Crippen LogP contribution in [-0.4, -0.2) is 17.5 Å². The SMILES string of the molecule is CCOc1ccccc1C(=O)Nc1cccc2cccnc12. The number of amides is 1. The number of fused-ring (bicyclic) bond motifs is 1. The molecule has 3 aromatic rings. The van der Waals surface area contributed by atoms with Gasteiger partial charge in [-0.3, -0.25) is 9.78 Å². The Labute approximate surface area is 128 Å². The van der Waals surface area contributed by atoms with Gasteiger partial charge in [-0.25, -0.2) is 0 Å². The third kappa shape index (κ3) is 2.76. The van der Waals surface area contributed by atoms with E-state index in [9.17, 15) is 4.79 Å². The predicted octanol–water partition coefficient (Wildman–Crippen LogP) is 3.89. The zero-order valence-electron chi connectivity index (χ0n) is 12.2. The Morgan fingerprint density at radius 1 is 1.09 bits per heavy atom. The third-order valence-electron chi connectivity index (χ3n) is 3.31. The van der Waals surface area contributed by atoms with Crippen molar-refractivity contribution in [3.8, 4) is 5.75 Å². The van der Waals surface area contributed by atoms with Gasteiger partial charge in [-0.05, 0) is 31.2 Å². The first-order chi connectivity index (χ1) is 10.8. The summed E-state index contributed by atoms with van der Waals surface area (Å²) in [5.74, 6) is 0.373. The molecule has 1 aromatic heterocycles. The molecule has 4 nitrogen and oxygen atoms in total. The van der Waals surface area contributed by atoms with Crippen LogP contribution in [0.1, 0.15) is 17.3 Å². The number of para-hydroxylation sites is 2. The Hall–Kier alpha value is -2.88. The molecule has 4 heteroatoms. The smallest absolute Gasteiger partial charge is 0.259 e. The normalized spacial score (nSPS) is 10.4. The number of nitrogens with one attached hydrogen (secondary N) is 1. The van der Waals surface area contributed by atoms with Gasteiger partial charge in [0.15, 0.2) is 0 Å². The Morgan fingerprint density at radius 2 is 1.91 bits per heavy atom. The monoisotopic (exact) mass is 292 g/mol. The highest BCUT2D eigenvalue weighted by atomic mass is 16.5. The van der Waals surface area contributed by atoms with Crippen molar-refractivity contribution in [1.82, 2.24) is 4.98 Å². The first-order valence-electron chi connectivity index (χ1n) is 7.16. The van der Waals surface area contributed by atoms with E-state index in [0.717, 1.165) is 10.9 Å². The summed E-state index contributed by atoms with van der Waals surface area (Å²) in [4.78, 5) is 16.9. The molecular weight excluding hydrogens is 276 g/mol. The van der Waals surface area contributed by atoms with Gasteiger partial charge >= 0.3 is 0 Å². The maximum atomic E-state index is 12.5. The number of carbonyl (C=O) groups is 1. The fourth-order valence-corrected chi connectivity index (χ4v) is 2.33. The van der Waals surface area contributed by atoms with Crippen LogP contribution in [0.2, 0.25) is 0 Å². The standard InChI is InChI=1S/C18H16N2O2/c1-2-22-16-11-4-3-9-14(16)18(21)20-15-10-5-7-13-8-6-12-19-17(13)15/h3-12H,2H2,1H3,(H,20,21). The fourth-order valence-electron chi connectivity index (χ4n) is 2.33. The summed E-state index contributed by atoms with van der Waals surface area (Å²) in [6.07, 6.45) is 1.71. The lowest BCUT2D eigenvalue weighted by Gasteiger charge is -2.11. The molecular formula is C18H16N2O2. The lowest BCUT2D eigenvalue weighted by molar-refractivity contribution is 0.102. The van der Waals surface area contributed by atoms with Gasteiger partial charge in [-0.2, -0.15) is 0 Å². The van der Waals surface area contributed by atoms with Gasteiger partial charge in [0.2, 0.25) is 0 Å². The van der Waals surface area contributed by atoms with Crippen LogP contribution in [0.4, 0.5) is 5.69 Å². The molecule has 110 valence electrons. The molecule has 0 unspecified atom stereocenters. The Morgan fingerprint density at radius 3 is 2.77 bits per heavy atom. The highest BCUT2D eigenvalue weighted by molar-refractivity contribution is 6.09. The summed E-state index contributed by atoms with van der Waals surface area (Å²) < 4.78 is 5.51. The minimum absolute atomic E-state index is 0.206. The molecule has 1 N–H and O–H groups in total. The number of benzene rings is 2. The number of rotatable bonds is 4. The number of pyridine rings is 1. The second-order valence-corrected chi connectivity index (χ2v) is 4.76. The molecule has 0 bridgehead atoms. The van der Waals surface area contributed by atoms with Crippen LogP contribution in [-0.2, 0) is 0 Å². The lowest BCUT2D eigenvalue weighted by atomic mass is 10.1. The van der Waals surface area contributed by atoms with Crippen LogP contribution in [0, 0.1) is 0 Å². The molecule has 0 aliphatic rings. The average Bonchev–Trinajstić information content (AvgIpc) is 2.56. The molecule has 22 heavy (non-hydrogen) atoms. The molecule has 0 spiro atoms. The number of hydrogen-bond donors (Lipinski definition) is 1. The molecule has 0 aliphatic heterocycles. The summed E-state index contributed by atoms with van der Waals surface area (Å²) in [7, 11) is 0. The van der Waals surface area contributed by atoms with Gasteiger partial charge in [0, 0.05) is 11.6 Å². The van der Waals surface area contributed by atoms with E-state index in [-0.39, 0.29) is 5.91 Å². The molecule has 1 heterocycles. The van der Waals surface area contributed by atoms with Crippen molar-refractivity contribution in [1.29, 1.82) is 0 Å². The molecule has 0 saturated heterocycles. The van der Waals surface area contributed by atoms with Crippen molar-refractivity contribution >= 4 is 22.5 Å². The summed E-state index contributed by atoms with van der Waals surface area (Å²) in [5.41, 5.74) is 1.97. The van der Waals surface area contributed by atoms with Gasteiger partial charge in [0.1, 0.15) is 5.75 Å². The largest absolute Gasteiger partial charge is 0.493 e. The number of aromatic nitrogens is 1. The Bertz CT molecular complexity index is 810. The number of carbonyl (C=O) groups excluding carboxylic acids is 1. The Balaban J connectivity index is 1.94. The van der Waals surface area contributed by atoms with Crippen LogP contribution in [0.5, 0.6) is 5.75 Å². The van der Waals surface area contributed by atoms with Crippen molar-refractivity contribution in [3.05, 3.63) is 66.4 Å². The molecule has 0 radical (unpaired) electrons. The van der Waals surface area contributed by atoms with Gasteiger partial charge in [0.05, 0.1) is 23.4 Å². The summed E-state index contributed by atoms with van der Waals surface area (Å²) in [5, 5.41) is 3.90. The highest BCUT2D eigenvalue weighted by Crippen LogP contribution is 2.23. The van der Waals surface area contributed by atoms with Crippen molar-refractivity contribution < 1.29 is 9.53 Å². The van der Waals surface area contributed by atoms with E-state index >= 15 is 0 Å². The molecule has 3 rings (SSSR count). The minimum atomic E-state index is -0.206. The summed E-state index contributed by atoms with van der Waals surface area (Å²) >= 11 is 0. The highest BCUT2D eigenvalue weighted by Gasteiger charge is 2.13. The second kappa shape index (κ2) is 6.26. The van der Waals surface area contributed by atoms with Crippen LogP contribution >= 0.6 is 0 Å². The minimum Gasteiger partial charge on any atom is -0.493 e. The maximum absolute atomic E-state index is 12.5. The zero-order valence-corrected chi connectivity index (χ0v) is 12.2. The van der Waals surface area contributed by atoms with Crippen LogP contribution in [0.25, 0.3) is 10.9 Å². The van der Waals surface area contributed by atoms with Crippen LogP contribution < -0.4 is 10.1 Å². The van der Waals surface area contributed by atoms with E-state index in [2.05, 4.69) is 10.3 Å². The first-order valence-corrected chi connectivity index (χ1v) is 7.16. The zero-order chi connectivity index (χ0) is 15.4. The maximum Gasteiger partial charge on any atom is 0.259 e. The van der Waals surface area contributed by atoms with Gasteiger partial charge in [-0.1, -0.05) is 30.3 Å². The van der Waals surface area contributed by atoms with Gasteiger partial charge in [0.25, 0.3) is 5.91 Å². The Kier molecular flexibility index (Phi) is 4.01. The lowest BCUT2D eigenvalue weighted by Crippen LogP contribution is -2.14. The van der Waals surface area contributed by atoms with Crippen molar-refractivity contribution in [2.45, 2.75) is 6.92 Å². The predicted molar refractivity (Wildman–Crippen MR) is 87.3 cm³/mol. The summed E-state index contributed by atoms with van der Waals surface area (Å²) in [6.45, 7) is 2.41. The topological polar surface area (TPSA) is 51.2 Å². The van der Waals surface area contributed by atoms with Crippen molar-refractivity contribution in [2.24, 2.45) is 0 Å². The van der Waals surface area contributed by atoms with Crippen molar-refractivity contribution in [2.75, 3.05) is 11.9 Å². The van der Waals surface area contributed by atoms with Gasteiger partial charge < -0.3 is 10.1 Å².